The van der Waals surface area contributed by atoms with Gasteiger partial charge in [-0.15, -0.1) is 16.8 Å². The molecule has 3 aromatic heterocycles. The number of rotatable bonds is 11. The molecule has 184 valence electrons. The van der Waals surface area contributed by atoms with E-state index < -0.39 is 17.1 Å². The maximum absolute atomic E-state index is 13.9. The van der Waals surface area contributed by atoms with Crippen LogP contribution in [0.15, 0.2) is 51.7 Å². The number of benzene rings is 1. The molecule has 0 aliphatic carbocycles. The normalized spacial score (nSPS) is 11.3. The molecule has 0 unspecified atom stereocenters. The van der Waals surface area contributed by atoms with Crippen molar-refractivity contribution in [1.29, 1.82) is 0 Å². The number of hydrogen-bond acceptors (Lipinski definition) is 7. The minimum Gasteiger partial charge on any atom is -0.483 e. The highest BCUT2D eigenvalue weighted by atomic mass is 32.2. The molecule has 0 aliphatic rings. The molecular weight excluding hydrogens is 473 g/mol. The number of hydrogen-bond donors (Lipinski definition) is 1. The summed E-state index contributed by atoms with van der Waals surface area (Å²) in [5.74, 6) is 1.20. The second kappa shape index (κ2) is 10.7. The van der Waals surface area contributed by atoms with Gasteiger partial charge in [-0.2, -0.15) is 0 Å². The van der Waals surface area contributed by atoms with E-state index in [-0.39, 0.29) is 12.4 Å². The van der Waals surface area contributed by atoms with Crippen molar-refractivity contribution < 1.29 is 9.13 Å². The fourth-order valence-corrected chi connectivity index (χ4v) is 4.57. The Bertz CT molecular complexity index is 1470. The molecule has 0 saturated carbocycles. The molecule has 4 aromatic rings. The van der Waals surface area contributed by atoms with E-state index in [1.165, 1.54) is 22.4 Å². The number of imidazole rings is 1. The average Bonchev–Trinajstić information content (AvgIpc) is 3.37. The molecule has 0 bridgehead atoms. The predicted molar refractivity (Wildman–Crippen MR) is 131 cm³/mol. The Morgan fingerprint density at radius 2 is 2.00 bits per heavy atom. The van der Waals surface area contributed by atoms with Crippen LogP contribution < -0.4 is 16.0 Å². The van der Waals surface area contributed by atoms with Crippen molar-refractivity contribution in [1.82, 2.24) is 33.9 Å². The Labute approximate surface area is 204 Å². The summed E-state index contributed by atoms with van der Waals surface area (Å²) in [6.07, 6.45) is 3.41. The minimum absolute atomic E-state index is 0.0354. The highest BCUT2D eigenvalue weighted by molar-refractivity contribution is 7.98. The Kier molecular flexibility index (Phi) is 7.49. The van der Waals surface area contributed by atoms with Crippen molar-refractivity contribution in [2.45, 2.75) is 50.4 Å². The van der Waals surface area contributed by atoms with Crippen molar-refractivity contribution >= 4 is 22.9 Å². The molecule has 1 aromatic carbocycles. The predicted octanol–water partition coefficient (Wildman–Crippen LogP) is 3.01. The lowest BCUT2D eigenvalue weighted by atomic mass is 10.3. The summed E-state index contributed by atoms with van der Waals surface area (Å²) < 4.78 is 24.5. The van der Waals surface area contributed by atoms with E-state index in [1.807, 2.05) is 11.5 Å². The molecule has 35 heavy (non-hydrogen) atoms. The van der Waals surface area contributed by atoms with Crippen molar-refractivity contribution in [2.24, 2.45) is 7.05 Å². The molecule has 0 atom stereocenters. The van der Waals surface area contributed by atoms with Crippen LogP contribution in [0, 0.1) is 5.82 Å². The number of ether oxygens (including phenoxy) is 1. The summed E-state index contributed by atoms with van der Waals surface area (Å²) in [6.45, 7) is 6.77. The summed E-state index contributed by atoms with van der Waals surface area (Å²) in [6, 6.07) is 6.16. The quantitative estimate of drug-likeness (QED) is 0.249. The second-order valence-corrected chi connectivity index (χ2v) is 8.77. The highest BCUT2D eigenvalue weighted by Gasteiger charge is 2.19. The standard InChI is InChI=1S/C23H26FN7O3S/c1-4-6-12-31-20-19(21(32)26-22(31)33)29(3)18(25-20)14-35-23-28-27-17(30(23)11-5-2)13-34-16-10-8-7-9-15(16)24/h5,7-10H,2,4,6,11-14H2,1,3H3,(H,26,32,33). The first-order valence-corrected chi connectivity index (χ1v) is 12.1. The number of allylic oxidation sites excluding steroid dienone is 1. The van der Waals surface area contributed by atoms with Gasteiger partial charge in [0.2, 0.25) is 0 Å². The van der Waals surface area contributed by atoms with Crippen molar-refractivity contribution in [2.75, 3.05) is 0 Å². The Morgan fingerprint density at radius 3 is 2.74 bits per heavy atom. The third-order valence-electron chi connectivity index (χ3n) is 5.47. The van der Waals surface area contributed by atoms with Gasteiger partial charge in [0.25, 0.3) is 5.56 Å². The van der Waals surface area contributed by atoms with Crippen molar-refractivity contribution in [3.8, 4) is 5.75 Å². The molecule has 0 amide bonds. The van der Waals surface area contributed by atoms with Gasteiger partial charge in [0.1, 0.15) is 12.4 Å². The molecule has 0 radical (unpaired) electrons. The Morgan fingerprint density at radius 1 is 1.20 bits per heavy atom. The van der Waals surface area contributed by atoms with Crippen LogP contribution >= 0.6 is 11.8 Å². The maximum atomic E-state index is 13.9. The summed E-state index contributed by atoms with van der Waals surface area (Å²) in [4.78, 5) is 31.8. The lowest BCUT2D eigenvalue weighted by Crippen LogP contribution is -2.31. The van der Waals surface area contributed by atoms with Gasteiger partial charge < -0.3 is 9.30 Å². The second-order valence-electron chi connectivity index (χ2n) is 7.83. The van der Waals surface area contributed by atoms with E-state index in [1.54, 1.807) is 35.9 Å². The molecule has 0 aliphatic heterocycles. The van der Waals surface area contributed by atoms with Gasteiger partial charge in [0.15, 0.2) is 33.7 Å². The lowest BCUT2D eigenvalue weighted by molar-refractivity contribution is 0.275. The summed E-state index contributed by atoms with van der Waals surface area (Å²) in [7, 11) is 1.75. The number of aryl methyl sites for hydroxylation is 2. The van der Waals surface area contributed by atoms with Crippen LogP contribution in [-0.4, -0.2) is 33.9 Å². The largest absolute Gasteiger partial charge is 0.483 e. The molecule has 4 rings (SSSR count). The number of H-pyrrole nitrogens is 1. The van der Waals surface area contributed by atoms with Crippen molar-refractivity contribution in [3.63, 3.8) is 0 Å². The number of para-hydroxylation sites is 1. The number of thioether (sulfide) groups is 1. The summed E-state index contributed by atoms with van der Waals surface area (Å²) in [5.41, 5.74) is -0.204. The molecular formula is C23H26FN7O3S. The Hall–Kier alpha value is -3.67. The van der Waals surface area contributed by atoms with Gasteiger partial charge in [0, 0.05) is 20.1 Å². The molecule has 0 saturated heterocycles. The topological polar surface area (TPSA) is 113 Å². The third kappa shape index (κ3) is 5.06. The summed E-state index contributed by atoms with van der Waals surface area (Å²) in [5, 5.41) is 9.05. The fourth-order valence-electron chi connectivity index (χ4n) is 3.62. The number of aromatic amines is 1. The Balaban J connectivity index is 1.58. The molecule has 12 heteroatoms. The summed E-state index contributed by atoms with van der Waals surface area (Å²) >= 11 is 1.38. The highest BCUT2D eigenvalue weighted by Crippen LogP contribution is 2.24. The zero-order valence-corrected chi connectivity index (χ0v) is 20.3. The third-order valence-corrected chi connectivity index (χ3v) is 6.43. The van der Waals surface area contributed by atoms with Crippen LogP contribution in [0.5, 0.6) is 5.75 Å². The average molecular weight is 500 g/mol. The first-order valence-electron chi connectivity index (χ1n) is 11.2. The van der Waals surface area contributed by atoms with Gasteiger partial charge in [-0.3, -0.25) is 18.9 Å². The van der Waals surface area contributed by atoms with Gasteiger partial charge in [-0.1, -0.05) is 43.3 Å². The zero-order chi connectivity index (χ0) is 24.9. The molecule has 0 fully saturated rings. The van der Waals surface area contributed by atoms with E-state index in [0.29, 0.717) is 46.8 Å². The van der Waals surface area contributed by atoms with Crippen LogP contribution in [0.1, 0.15) is 31.4 Å². The number of halogens is 1. The first kappa shape index (κ1) is 24.5. The van der Waals surface area contributed by atoms with Gasteiger partial charge >= 0.3 is 5.69 Å². The van der Waals surface area contributed by atoms with Crippen LogP contribution in [0.4, 0.5) is 4.39 Å². The lowest BCUT2D eigenvalue weighted by Gasteiger charge is -2.09. The minimum atomic E-state index is -0.466. The zero-order valence-electron chi connectivity index (χ0n) is 19.5. The molecule has 1 N–H and O–H groups in total. The monoisotopic (exact) mass is 499 g/mol. The maximum Gasteiger partial charge on any atom is 0.330 e. The van der Waals surface area contributed by atoms with Gasteiger partial charge in [-0.05, 0) is 18.6 Å². The number of nitrogens with one attached hydrogen (secondary N) is 1. The van der Waals surface area contributed by atoms with Crippen molar-refractivity contribution in [3.05, 3.63) is 75.2 Å². The number of nitrogens with zero attached hydrogens (tertiary/aromatic N) is 6. The number of fused-ring (bicyclic) bond motifs is 1. The SMILES string of the molecule is C=CCn1c(COc2ccccc2F)nnc1SCc1nc2c(c(=O)[nH]c(=O)n2CCCC)n1C. The number of aromatic nitrogens is 7. The van der Waals surface area contributed by atoms with Crippen LogP contribution in [0.25, 0.3) is 11.2 Å². The molecule has 10 nitrogen and oxygen atoms in total. The van der Waals surface area contributed by atoms with Crippen LogP contribution in [0.3, 0.4) is 0 Å². The van der Waals surface area contributed by atoms with E-state index in [9.17, 15) is 14.0 Å². The molecule has 3 heterocycles. The smallest absolute Gasteiger partial charge is 0.330 e. The van der Waals surface area contributed by atoms with E-state index >= 15 is 0 Å². The first-order chi connectivity index (χ1) is 16.9. The number of unbranched alkanes of at least 4 members (excludes halogenated alkanes) is 1. The molecule has 0 spiro atoms. The van der Waals surface area contributed by atoms with Gasteiger partial charge in [0.05, 0.1) is 5.75 Å². The fraction of sp³-hybridized carbons (Fsp3) is 0.348. The van der Waals surface area contributed by atoms with E-state index in [4.69, 9.17) is 4.74 Å². The van der Waals surface area contributed by atoms with Gasteiger partial charge in [-0.25, -0.2) is 14.2 Å². The van der Waals surface area contributed by atoms with Crippen LogP contribution in [-0.2, 0) is 32.5 Å². The van der Waals surface area contributed by atoms with E-state index in [2.05, 4.69) is 26.7 Å². The van der Waals surface area contributed by atoms with E-state index in [0.717, 1.165) is 12.8 Å². The van der Waals surface area contributed by atoms with Crippen LogP contribution in [0.2, 0.25) is 0 Å².